The van der Waals surface area contributed by atoms with Crippen LogP contribution in [0.4, 0.5) is 10.1 Å². The third-order valence-corrected chi connectivity index (χ3v) is 4.78. The van der Waals surface area contributed by atoms with Gasteiger partial charge in [-0.1, -0.05) is 30.3 Å². The Bertz CT molecular complexity index is 1050. The number of hydrogen-bond acceptors (Lipinski definition) is 7. The van der Waals surface area contributed by atoms with Crippen molar-refractivity contribution in [2.45, 2.75) is 6.04 Å². The fraction of sp³-hybridized carbons (Fsp3) is 0.238. The molecule has 9 nitrogen and oxygen atoms in total. The summed E-state index contributed by atoms with van der Waals surface area (Å²) in [6.45, 7) is -0.352. The summed E-state index contributed by atoms with van der Waals surface area (Å²) < 4.78 is 19.8. The molecule has 0 unspecified atom stereocenters. The normalized spacial score (nSPS) is 17.9. The molecule has 2 aromatic carbocycles. The van der Waals surface area contributed by atoms with Gasteiger partial charge in [0.05, 0.1) is 36.4 Å². The molecule has 2 aromatic rings. The zero-order valence-electron chi connectivity index (χ0n) is 16.2. The molecule has 10 heteroatoms. The number of carbonyl (C=O) groups is 2. The van der Waals surface area contributed by atoms with Gasteiger partial charge in [0, 0.05) is 29.8 Å². The Hall–Kier alpha value is -3.63. The van der Waals surface area contributed by atoms with Crippen molar-refractivity contribution >= 4 is 23.1 Å². The Balaban J connectivity index is 2.12. The monoisotopic (exact) mass is 430 g/mol. The molecule has 1 fully saturated rings. The van der Waals surface area contributed by atoms with Gasteiger partial charge in [0.25, 0.3) is 17.4 Å². The first-order valence-electron chi connectivity index (χ1n) is 9.33. The van der Waals surface area contributed by atoms with E-state index in [1.165, 1.54) is 36.4 Å². The van der Waals surface area contributed by atoms with Gasteiger partial charge in [0.15, 0.2) is 0 Å². The van der Waals surface area contributed by atoms with Gasteiger partial charge in [-0.25, -0.2) is 4.39 Å². The molecule has 0 radical (unpaired) electrons. The second kappa shape index (κ2) is 9.45. The number of ketones is 1. The first kappa shape index (κ1) is 22.1. The van der Waals surface area contributed by atoms with Crippen LogP contribution in [0.15, 0.2) is 54.1 Å². The molecular formula is C21H19FN2O7. The third-order valence-electron chi connectivity index (χ3n) is 4.78. The van der Waals surface area contributed by atoms with Gasteiger partial charge in [0.1, 0.15) is 11.6 Å². The molecular weight excluding hydrogens is 411 g/mol. The van der Waals surface area contributed by atoms with E-state index in [1.54, 1.807) is 0 Å². The summed E-state index contributed by atoms with van der Waals surface area (Å²) in [6, 6.07) is 9.19. The molecule has 1 amide bonds. The number of halogens is 1. The molecule has 3 rings (SSSR count). The topological polar surface area (TPSA) is 130 Å². The number of aliphatic hydroxyl groups is 2. The minimum atomic E-state index is -1.25. The number of likely N-dealkylation sites (tertiary alicyclic amines) is 1. The second-order valence-corrected chi connectivity index (χ2v) is 6.66. The Kier molecular flexibility index (Phi) is 6.73. The van der Waals surface area contributed by atoms with Gasteiger partial charge in [-0.15, -0.1) is 0 Å². The van der Waals surface area contributed by atoms with E-state index >= 15 is 0 Å². The quantitative estimate of drug-likeness (QED) is 0.164. The molecule has 31 heavy (non-hydrogen) atoms. The maximum absolute atomic E-state index is 14.6. The summed E-state index contributed by atoms with van der Waals surface area (Å²) in [5.74, 6) is -3.35. The zero-order valence-corrected chi connectivity index (χ0v) is 16.2. The van der Waals surface area contributed by atoms with E-state index < -0.39 is 34.2 Å². The van der Waals surface area contributed by atoms with Gasteiger partial charge in [-0.05, 0) is 6.07 Å². The summed E-state index contributed by atoms with van der Waals surface area (Å²) in [4.78, 5) is 36.9. The number of carbonyl (C=O) groups excluding carboxylic acids is 2. The number of non-ortho nitro benzene ring substituents is 1. The molecule has 0 spiro atoms. The number of nitro benzene ring substituents is 1. The summed E-state index contributed by atoms with van der Waals surface area (Å²) in [6.07, 6.45) is 0. The third kappa shape index (κ3) is 4.44. The Morgan fingerprint density at radius 1 is 1.16 bits per heavy atom. The van der Waals surface area contributed by atoms with Crippen LogP contribution in [0.3, 0.4) is 0 Å². The van der Waals surface area contributed by atoms with E-state index in [9.17, 15) is 29.2 Å². The predicted octanol–water partition coefficient (Wildman–Crippen LogP) is 2.16. The van der Waals surface area contributed by atoms with E-state index in [2.05, 4.69) is 0 Å². The lowest BCUT2D eigenvalue weighted by atomic mass is 9.95. The number of Topliss-reactive ketones (excluding diaryl/α,β-unsaturated/α-hetero) is 1. The van der Waals surface area contributed by atoms with Crippen molar-refractivity contribution in [1.29, 1.82) is 0 Å². The molecule has 1 heterocycles. The SMILES string of the molecule is O=C1C(=O)N(CCOCCO)[C@H](c2ccccc2F)/C1=C(\O)c1cccc([N+](=O)[O-])c1. The number of amides is 1. The van der Waals surface area contributed by atoms with Gasteiger partial charge in [-0.3, -0.25) is 19.7 Å². The van der Waals surface area contributed by atoms with Crippen LogP contribution < -0.4 is 0 Å². The van der Waals surface area contributed by atoms with Crippen molar-refractivity contribution in [3.05, 3.63) is 81.2 Å². The molecule has 1 saturated heterocycles. The number of nitrogens with zero attached hydrogens (tertiary/aromatic N) is 2. The van der Waals surface area contributed by atoms with Crippen molar-refractivity contribution in [3.63, 3.8) is 0 Å². The smallest absolute Gasteiger partial charge is 0.295 e. The Morgan fingerprint density at radius 2 is 1.90 bits per heavy atom. The molecule has 0 aliphatic carbocycles. The first-order valence-corrected chi connectivity index (χ1v) is 9.33. The zero-order chi connectivity index (χ0) is 22.5. The predicted molar refractivity (Wildman–Crippen MR) is 106 cm³/mol. The summed E-state index contributed by atoms with van der Waals surface area (Å²) in [5.41, 5.74) is -0.767. The van der Waals surface area contributed by atoms with Crippen LogP contribution in [0.25, 0.3) is 5.76 Å². The largest absolute Gasteiger partial charge is 0.507 e. The van der Waals surface area contributed by atoms with Crippen LogP contribution in [0.2, 0.25) is 0 Å². The van der Waals surface area contributed by atoms with E-state index in [-0.39, 0.29) is 48.8 Å². The van der Waals surface area contributed by atoms with E-state index in [0.717, 1.165) is 17.0 Å². The van der Waals surface area contributed by atoms with Crippen molar-refractivity contribution in [2.75, 3.05) is 26.4 Å². The van der Waals surface area contributed by atoms with Crippen LogP contribution in [0.1, 0.15) is 17.2 Å². The van der Waals surface area contributed by atoms with Gasteiger partial charge < -0.3 is 19.8 Å². The van der Waals surface area contributed by atoms with Gasteiger partial charge in [0.2, 0.25) is 0 Å². The van der Waals surface area contributed by atoms with E-state index in [4.69, 9.17) is 9.84 Å². The summed E-state index contributed by atoms with van der Waals surface area (Å²) in [5, 5.41) is 30.7. The highest BCUT2D eigenvalue weighted by Gasteiger charge is 2.46. The van der Waals surface area contributed by atoms with Crippen LogP contribution in [0, 0.1) is 15.9 Å². The summed E-state index contributed by atoms with van der Waals surface area (Å²) in [7, 11) is 0. The number of ether oxygens (including phenoxy) is 1. The fourth-order valence-electron chi connectivity index (χ4n) is 3.38. The molecule has 0 saturated carbocycles. The van der Waals surface area contributed by atoms with E-state index in [1.807, 2.05) is 0 Å². The Morgan fingerprint density at radius 3 is 2.58 bits per heavy atom. The molecule has 2 N–H and O–H groups in total. The molecule has 0 aromatic heterocycles. The molecule has 1 aliphatic heterocycles. The van der Waals surface area contributed by atoms with E-state index in [0.29, 0.717) is 0 Å². The van der Waals surface area contributed by atoms with Crippen LogP contribution in [-0.2, 0) is 14.3 Å². The number of rotatable bonds is 8. The average Bonchev–Trinajstić information content (AvgIpc) is 3.01. The molecule has 0 bridgehead atoms. The highest BCUT2D eigenvalue weighted by molar-refractivity contribution is 6.46. The average molecular weight is 430 g/mol. The minimum Gasteiger partial charge on any atom is -0.507 e. The van der Waals surface area contributed by atoms with Gasteiger partial charge >= 0.3 is 0 Å². The maximum atomic E-state index is 14.6. The van der Waals surface area contributed by atoms with Crippen molar-refractivity contribution in [3.8, 4) is 0 Å². The molecule has 162 valence electrons. The van der Waals surface area contributed by atoms with Crippen molar-refractivity contribution < 1.29 is 33.9 Å². The van der Waals surface area contributed by atoms with Crippen molar-refractivity contribution in [1.82, 2.24) is 4.90 Å². The van der Waals surface area contributed by atoms with Crippen LogP contribution >= 0.6 is 0 Å². The summed E-state index contributed by atoms with van der Waals surface area (Å²) >= 11 is 0. The van der Waals surface area contributed by atoms with Crippen molar-refractivity contribution in [2.24, 2.45) is 0 Å². The fourth-order valence-corrected chi connectivity index (χ4v) is 3.38. The van der Waals surface area contributed by atoms with Crippen LogP contribution in [0.5, 0.6) is 0 Å². The number of nitro groups is 1. The first-order chi connectivity index (χ1) is 14.9. The highest BCUT2D eigenvalue weighted by atomic mass is 19.1. The minimum absolute atomic E-state index is 0.0158. The molecule has 1 atom stereocenters. The standard InChI is InChI=1S/C21H19FN2O7/c22-16-7-2-1-6-15(16)18-17(19(26)13-4-3-5-14(12-13)24(29)30)20(27)21(28)23(18)8-10-31-11-9-25/h1-7,12,18,25-26H,8-11H2/b19-17+/t18-/m1/s1. The molecule has 1 aliphatic rings. The number of aliphatic hydroxyl groups excluding tert-OH is 2. The van der Waals surface area contributed by atoms with Gasteiger partial charge in [-0.2, -0.15) is 0 Å². The lowest BCUT2D eigenvalue weighted by Gasteiger charge is -2.25. The lowest BCUT2D eigenvalue weighted by molar-refractivity contribution is -0.384. The number of benzene rings is 2. The lowest BCUT2D eigenvalue weighted by Crippen LogP contribution is -2.33. The highest BCUT2D eigenvalue weighted by Crippen LogP contribution is 2.40. The second-order valence-electron chi connectivity index (χ2n) is 6.66. The van der Waals surface area contributed by atoms with Crippen LogP contribution in [-0.4, -0.2) is 58.1 Å². The number of hydrogen-bond donors (Lipinski definition) is 2. The maximum Gasteiger partial charge on any atom is 0.295 e. The Labute approximate surface area is 176 Å².